The lowest BCUT2D eigenvalue weighted by molar-refractivity contribution is -0.116. The normalized spacial score (nSPS) is 10.3. The van der Waals surface area contributed by atoms with Crippen molar-refractivity contribution in [3.8, 4) is 11.5 Å². The van der Waals surface area contributed by atoms with Gasteiger partial charge in [-0.05, 0) is 29.8 Å². The summed E-state index contributed by atoms with van der Waals surface area (Å²) < 4.78 is 10.5. The molecule has 0 aliphatic carbocycles. The van der Waals surface area contributed by atoms with Crippen molar-refractivity contribution in [3.05, 3.63) is 64.7 Å². The number of nitrogens with one attached hydrogen (secondary N) is 2. The molecule has 1 heterocycles. The van der Waals surface area contributed by atoms with Crippen LogP contribution in [0.1, 0.15) is 27.3 Å². The molecule has 8 nitrogen and oxygen atoms in total. The minimum Gasteiger partial charge on any atom is -0.493 e. The lowest BCUT2D eigenvalue weighted by atomic mass is 10.1. The second kappa shape index (κ2) is 10.4. The SMILES string of the molecule is COc1ccc(Cc2nnc(NC(=O)CCNC(=O)c3ccccc3)s2)cc1OC. The Morgan fingerprint density at radius 3 is 2.50 bits per heavy atom. The Balaban J connectivity index is 1.48. The fourth-order valence-corrected chi connectivity index (χ4v) is 3.49. The fourth-order valence-electron chi connectivity index (χ4n) is 2.70. The van der Waals surface area contributed by atoms with Crippen molar-refractivity contribution in [1.82, 2.24) is 15.5 Å². The first-order chi connectivity index (χ1) is 14.6. The van der Waals surface area contributed by atoms with E-state index in [9.17, 15) is 9.59 Å². The standard InChI is InChI=1S/C21H22N4O4S/c1-28-16-9-8-14(12-17(16)29-2)13-19-24-25-21(30-19)23-18(26)10-11-22-20(27)15-6-4-3-5-7-15/h3-9,12H,10-11,13H2,1-2H3,(H,22,27)(H,23,25,26). The van der Waals surface area contributed by atoms with Gasteiger partial charge >= 0.3 is 0 Å². The van der Waals surface area contributed by atoms with Gasteiger partial charge in [0.15, 0.2) is 11.5 Å². The molecule has 156 valence electrons. The van der Waals surface area contributed by atoms with E-state index in [2.05, 4.69) is 20.8 Å². The van der Waals surface area contributed by atoms with E-state index >= 15 is 0 Å². The van der Waals surface area contributed by atoms with Crippen molar-refractivity contribution >= 4 is 28.3 Å². The van der Waals surface area contributed by atoms with Crippen molar-refractivity contribution in [1.29, 1.82) is 0 Å². The number of rotatable bonds is 9. The zero-order valence-corrected chi connectivity index (χ0v) is 17.5. The molecule has 0 aliphatic rings. The minimum absolute atomic E-state index is 0.142. The molecule has 3 aromatic rings. The number of aromatic nitrogens is 2. The van der Waals surface area contributed by atoms with Gasteiger partial charge in [0.05, 0.1) is 14.2 Å². The Hall–Kier alpha value is -3.46. The first-order valence-electron chi connectivity index (χ1n) is 9.25. The molecule has 0 unspecified atom stereocenters. The highest BCUT2D eigenvalue weighted by molar-refractivity contribution is 7.15. The number of ether oxygens (including phenoxy) is 2. The van der Waals surface area contributed by atoms with Gasteiger partial charge in [-0.1, -0.05) is 35.6 Å². The van der Waals surface area contributed by atoms with Crippen molar-refractivity contribution in [2.75, 3.05) is 26.1 Å². The maximum atomic E-state index is 12.1. The topological polar surface area (TPSA) is 102 Å². The van der Waals surface area contributed by atoms with Crippen LogP contribution in [0, 0.1) is 0 Å². The molecule has 1 aromatic heterocycles. The lowest BCUT2D eigenvalue weighted by Crippen LogP contribution is -2.27. The molecule has 2 amide bonds. The zero-order valence-electron chi connectivity index (χ0n) is 16.7. The van der Waals surface area contributed by atoms with Gasteiger partial charge in [-0.3, -0.25) is 9.59 Å². The zero-order chi connectivity index (χ0) is 21.3. The summed E-state index contributed by atoms with van der Waals surface area (Å²) in [5.41, 5.74) is 1.55. The number of carbonyl (C=O) groups is 2. The van der Waals surface area contributed by atoms with Crippen molar-refractivity contribution < 1.29 is 19.1 Å². The summed E-state index contributed by atoms with van der Waals surface area (Å²) in [6.45, 7) is 0.233. The molecule has 9 heteroatoms. The highest BCUT2D eigenvalue weighted by atomic mass is 32.1. The molecule has 0 atom stereocenters. The van der Waals surface area contributed by atoms with E-state index in [0.29, 0.717) is 28.6 Å². The molecule has 30 heavy (non-hydrogen) atoms. The van der Waals surface area contributed by atoms with E-state index in [1.165, 1.54) is 11.3 Å². The number of anilines is 1. The quantitative estimate of drug-likeness (QED) is 0.545. The lowest BCUT2D eigenvalue weighted by Gasteiger charge is -2.08. The van der Waals surface area contributed by atoms with Crippen LogP contribution in [-0.2, 0) is 11.2 Å². The summed E-state index contributed by atoms with van der Waals surface area (Å²) in [5, 5.41) is 14.7. The number of amides is 2. The van der Waals surface area contributed by atoms with E-state index in [1.807, 2.05) is 24.3 Å². The van der Waals surface area contributed by atoms with Gasteiger partial charge in [-0.15, -0.1) is 10.2 Å². The third kappa shape index (κ3) is 5.77. The van der Waals surface area contributed by atoms with Crippen molar-refractivity contribution in [2.45, 2.75) is 12.8 Å². The third-order valence-electron chi connectivity index (χ3n) is 4.19. The molecule has 2 N–H and O–H groups in total. The second-order valence-corrected chi connectivity index (χ2v) is 7.35. The number of methoxy groups -OCH3 is 2. The number of hydrogen-bond acceptors (Lipinski definition) is 7. The van der Waals surface area contributed by atoms with Crippen LogP contribution < -0.4 is 20.1 Å². The average Bonchev–Trinajstić information content (AvgIpc) is 3.20. The summed E-state index contributed by atoms with van der Waals surface area (Å²) in [6.07, 6.45) is 0.699. The monoisotopic (exact) mass is 426 g/mol. The van der Waals surface area contributed by atoms with Crippen LogP contribution in [0.5, 0.6) is 11.5 Å². The Bertz CT molecular complexity index is 1010. The van der Waals surface area contributed by atoms with Crippen LogP contribution in [0.15, 0.2) is 48.5 Å². The van der Waals surface area contributed by atoms with Crippen molar-refractivity contribution in [2.24, 2.45) is 0 Å². The van der Waals surface area contributed by atoms with Gasteiger partial charge < -0.3 is 20.1 Å². The Kier molecular flexibility index (Phi) is 7.34. The molecule has 0 aliphatic heterocycles. The molecule has 0 bridgehead atoms. The van der Waals surface area contributed by atoms with Gasteiger partial charge in [0.2, 0.25) is 11.0 Å². The molecule has 0 fully saturated rings. The summed E-state index contributed by atoms with van der Waals surface area (Å²) >= 11 is 1.30. The van der Waals surface area contributed by atoms with E-state index < -0.39 is 0 Å². The largest absolute Gasteiger partial charge is 0.493 e. The van der Waals surface area contributed by atoms with Crippen LogP contribution in [0.2, 0.25) is 0 Å². The first kappa shape index (κ1) is 21.3. The predicted octanol–water partition coefficient (Wildman–Crippen LogP) is 2.90. The number of benzene rings is 2. The average molecular weight is 426 g/mol. The van der Waals surface area contributed by atoms with Gasteiger partial charge in [0.1, 0.15) is 5.01 Å². The smallest absolute Gasteiger partial charge is 0.251 e. The van der Waals surface area contributed by atoms with Crippen molar-refractivity contribution in [3.63, 3.8) is 0 Å². The third-order valence-corrected chi connectivity index (χ3v) is 5.03. The number of hydrogen-bond donors (Lipinski definition) is 2. The molecular weight excluding hydrogens is 404 g/mol. The van der Waals surface area contributed by atoms with Gasteiger partial charge in [-0.2, -0.15) is 0 Å². The number of nitrogens with zero attached hydrogens (tertiary/aromatic N) is 2. The summed E-state index contributed by atoms with van der Waals surface area (Å²) in [6, 6.07) is 14.5. The first-order valence-corrected chi connectivity index (χ1v) is 10.1. The summed E-state index contributed by atoms with van der Waals surface area (Å²) in [5.74, 6) is 0.852. The van der Waals surface area contributed by atoms with Gasteiger partial charge in [0, 0.05) is 24.9 Å². The molecule has 0 saturated carbocycles. The van der Waals surface area contributed by atoms with E-state index in [1.54, 1.807) is 38.5 Å². The Morgan fingerprint density at radius 2 is 1.77 bits per heavy atom. The molecule has 3 rings (SSSR count). The van der Waals surface area contributed by atoms with E-state index in [-0.39, 0.29) is 24.8 Å². The predicted molar refractivity (Wildman–Crippen MR) is 114 cm³/mol. The van der Waals surface area contributed by atoms with E-state index in [4.69, 9.17) is 9.47 Å². The van der Waals surface area contributed by atoms with Crippen LogP contribution >= 0.6 is 11.3 Å². The molecular formula is C21H22N4O4S. The number of carbonyl (C=O) groups excluding carboxylic acids is 2. The van der Waals surface area contributed by atoms with Gasteiger partial charge in [0.25, 0.3) is 5.91 Å². The van der Waals surface area contributed by atoms with Gasteiger partial charge in [-0.25, -0.2) is 0 Å². The van der Waals surface area contributed by atoms with Crippen LogP contribution in [0.25, 0.3) is 0 Å². The summed E-state index contributed by atoms with van der Waals surface area (Å²) in [4.78, 5) is 24.1. The molecule has 0 saturated heterocycles. The second-order valence-electron chi connectivity index (χ2n) is 6.29. The van der Waals surface area contributed by atoms with E-state index in [0.717, 1.165) is 10.6 Å². The molecule has 0 radical (unpaired) electrons. The molecule has 2 aromatic carbocycles. The van der Waals surface area contributed by atoms with Crippen LogP contribution in [0.3, 0.4) is 0 Å². The maximum absolute atomic E-state index is 12.1. The summed E-state index contributed by atoms with van der Waals surface area (Å²) in [7, 11) is 3.17. The van der Waals surface area contributed by atoms with Crippen LogP contribution in [-0.4, -0.2) is 42.8 Å². The molecule has 0 spiro atoms. The highest BCUT2D eigenvalue weighted by Crippen LogP contribution is 2.29. The Labute approximate surface area is 178 Å². The fraction of sp³-hybridized carbons (Fsp3) is 0.238. The minimum atomic E-state index is -0.239. The van der Waals surface area contributed by atoms with Crippen LogP contribution in [0.4, 0.5) is 5.13 Å². The maximum Gasteiger partial charge on any atom is 0.251 e. The Morgan fingerprint density at radius 1 is 1.00 bits per heavy atom. The highest BCUT2D eigenvalue weighted by Gasteiger charge is 2.11.